The zero-order chi connectivity index (χ0) is 8.32. The summed E-state index contributed by atoms with van der Waals surface area (Å²) >= 11 is 0. The Hall–Kier alpha value is -0.0700. The van der Waals surface area contributed by atoms with Crippen molar-refractivity contribution >= 4 is 7.37 Å². The lowest BCUT2D eigenvalue weighted by Crippen LogP contribution is -2.11. The van der Waals surface area contributed by atoms with Crippen molar-refractivity contribution in [1.29, 1.82) is 0 Å². The largest absolute Gasteiger partial charge is 0.341 e. The summed E-state index contributed by atoms with van der Waals surface area (Å²) in [5.74, 6) is 1.24. The molecule has 0 saturated heterocycles. The molecule has 2 nitrogen and oxygen atoms in total. The van der Waals surface area contributed by atoms with Gasteiger partial charge in [-0.3, -0.25) is 4.57 Å². The van der Waals surface area contributed by atoms with Crippen molar-refractivity contribution in [3.8, 4) is 0 Å². The summed E-state index contributed by atoms with van der Waals surface area (Å²) in [5.41, 5.74) is 0.00810. The molecule has 0 heterocycles. The van der Waals surface area contributed by atoms with Gasteiger partial charge in [0, 0.05) is 5.66 Å². The van der Waals surface area contributed by atoms with E-state index in [4.69, 9.17) is 0 Å². The Labute approximate surface area is 67.8 Å². The lowest BCUT2D eigenvalue weighted by Gasteiger charge is -2.23. The maximum absolute atomic E-state index is 11.4. The summed E-state index contributed by atoms with van der Waals surface area (Å²) in [6.45, 7) is 3.39. The molecule has 1 N–H and O–H groups in total. The second kappa shape index (κ2) is 3.55. The van der Waals surface area contributed by atoms with Gasteiger partial charge in [0.25, 0.3) is 0 Å². The highest BCUT2D eigenvalue weighted by Gasteiger charge is 2.28. The highest BCUT2D eigenvalue weighted by atomic mass is 31.2. The molecule has 0 aliphatic heterocycles. The van der Waals surface area contributed by atoms with Crippen molar-refractivity contribution in [2.24, 2.45) is 0 Å². The minimum absolute atomic E-state index is 0.00810. The molecule has 0 spiro atoms. The molecule has 0 amide bonds. The minimum Gasteiger partial charge on any atom is -0.341 e. The molecule has 1 unspecified atom stereocenters. The molecule has 1 aliphatic rings. The van der Waals surface area contributed by atoms with Crippen LogP contribution in [-0.2, 0) is 4.57 Å². The van der Waals surface area contributed by atoms with Gasteiger partial charge in [0.1, 0.15) is 0 Å². The quantitative estimate of drug-likeness (QED) is 0.653. The molecular formula is C8H15O2P. The van der Waals surface area contributed by atoms with Gasteiger partial charge in [0.15, 0.2) is 0 Å². The average Bonchev–Trinajstić information content (AvgIpc) is 2.06. The first-order chi connectivity index (χ1) is 5.17. The Morgan fingerprint density at radius 3 is 2.36 bits per heavy atom. The van der Waals surface area contributed by atoms with E-state index in [9.17, 15) is 9.46 Å². The average molecular weight is 174 g/mol. The molecule has 11 heavy (non-hydrogen) atoms. The summed E-state index contributed by atoms with van der Waals surface area (Å²) in [5, 5.41) is 0. The predicted octanol–water partition coefficient (Wildman–Crippen LogP) is 2.73. The number of rotatable bonds is 2. The Morgan fingerprint density at radius 1 is 1.36 bits per heavy atom. The van der Waals surface area contributed by atoms with Crippen LogP contribution >= 0.6 is 7.37 Å². The van der Waals surface area contributed by atoms with Crippen molar-refractivity contribution in [1.82, 2.24) is 0 Å². The summed E-state index contributed by atoms with van der Waals surface area (Å²) in [7, 11) is -2.98. The molecule has 0 radical (unpaired) electrons. The van der Waals surface area contributed by atoms with E-state index in [1.807, 2.05) is 0 Å². The fraction of sp³-hybridized carbons (Fsp3) is 0.750. The summed E-state index contributed by atoms with van der Waals surface area (Å²) in [6, 6.07) is 0. The maximum Gasteiger partial charge on any atom is 0.225 e. The molecule has 1 saturated carbocycles. The molecule has 0 aromatic rings. The lowest BCUT2D eigenvalue weighted by molar-refractivity contribution is 0.430. The molecule has 0 aromatic carbocycles. The smallest absolute Gasteiger partial charge is 0.225 e. The maximum atomic E-state index is 11.4. The van der Waals surface area contributed by atoms with E-state index in [1.54, 1.807) is 0 Å². The Kier molecular flexibility index (Phi) is 2.91. The van der Waals surface area contributed by atoms with Gasteiger partial charge in [-0.2, -0.15) is 0 Å². The topological polar surface area (TPSA) is 37.3 Å². The van der Waals surface area contributed by atoms with Gasteiger partial charge >= 0.3 is 0 Å². The van der Waals surface area contributed by atoms with Gasteiger partial charge in [0.05, 0.1) is 0 Å². The highest BCUT2D eigenvalue weighted by Crippen LogP contribution is 2.52. The molecule has 1 atom stereocenters. The van der Waals surface area contributed by atoms with Gasteiger partial charge in [-0.25, -0.2) is 0 Å². The molecule has 1 fully saturated rings. The SMILES string of the molecule is C=CP(=O)(O)C1CCCCC1. The predicted molar refractivity (Wildman–Crippen MR) is 46.9 cm³/mol. The van der Waals surface area contributed by atoms with E-state index in [-0.39, 0.29) is 5.66 Å². The molecule has 1 rings (SSSR count). The zero-order valence-corrected chi connectivity index (χ0v) is 7.59. The van der Waals surface area contributed by atoms with Crippen molar-refractivity contribution in [3.05, 3.63) is 12.4 Å². The van der Waals surface area contributed by atoms with Crippen LogP contribution in [0.4, 0.5) is 0 Å². The van der Waals surface area contributed by atoms with Gasteiger partial charge in [0.2, 0.25) is 7.37 Å². The first kappa shape index (κ1) is 9.02. The van der Waals surface area contributed by atoms with Crippen LogP contribution in [0.3, 0.4) is 0 Å². The van der Waals surface area contributed by atoms with Crippen LogP contribution in [-0.4, -0.2) is 10.6 Å². The van der Waals surface area contributed by atoms with Crippen LogP contribution < -0.4 is 0 Å². The van der Waals surface area contributed by atoms with E-state index < -0.39 is 7.37 Å². The van der Waals surface area contributed by atoms with Crippen LogP contribution in [0.1, 0.15) is 32.1 Å². The Morgan fingerprint density at radius 2 is 1.91 bits per heavy atom. The minimum atomic E-state index is -2.98. The Bertz CT molecular complexity index is 183. The van der Waals surface area contributed by atoms with Crippen molar-refractivity contribution in [2.75, 3.05) is 0 Å². The first-order valence-corrected chi connectivity index (χ1v) is 5.92. The zero-order valence-electron chi connectivity index (χ0n) is 6.70. The van der Waals surface area contributed by atoms with Crippen molar-refractivity contribution in [3.63, 3.8) is 0 Å². The van der Waals surface area contributed by atoms with Gasteiger partial charge in [-0.15, -0.1) is 0 Å². The molecule has 1 aliphatic carbocycles. The van der Waals surface area contributed by atoms with Crippen LogP contribution in [0.5, 0.6) is 0 Å². The van der Waals surface area contributed by atoms with Crippen molar-refractivity contribution in [2.45, 2.75) is 37.8 Å². The second-order valence-corrected chi connectivity index (χ2v) is 5.59. The van der Waals surface area contributed by atoms with Gasteiger partial charge < -0.3 is 4.89 Å². The summed E-state index contributed by atoms with van der Waals surface area (Å²) in [6.07, 6.45) is 5.22. The molecule has 0 aromatic heterocycles. The molecule has 0 bridgehead atoms. The van der Waals surface area contributed by atoms with Crippen LogP contribution in [0.15, 0.2) is 12.4 Å². The van der Waals surface area contributed by atoms with Crippen LogP contribution in [0, 0.1) is 0 Å². The summed E-state index contributed by atoms with van der Waals surface area (Å²) < 4.78 is 11.4. The lowest BCUT2D eigenvalue weighted by atomic mass is 10.0. The second-order valence-electron chi connectivity index (χ2n) is 3.15. The van der Waals surface area contributed by atoms with Gasteiger partial charge in [-0.1, -0.05) is 25.8 Å². The van der Waals surface area contributed by atoms with Crippen LogP contribution in [0.2, 0.25) is 0 Å². The third-order valence-electron chi connectivity index (χ3n) is 2.36. The van der Waals surface area contributed by atoms with E-state index in [0.717, 1.165) is 25.7 Å². The van der Waals surface area contributed by atoms with Crippen molar-refractivity contribution < 1.29 is 9.46 Å². The van der Waals surface area contributed by atoms with Gasteiger partial charge in [-0.05, 0) is 18.7 Å². The first-order valence-electron chi connectivity index (χ1n) is 4.12. The summed E-state index contributed by atoms with van der Waals surface area (Å²) in [4.78, 5) is 9.39. The monoisotopic (exact) mass is 174 g/mol. The van der Waals surface area contributed by atoms with E-state index >= 15 is 0 Å². The van der Waals surface area contributed by atoms with Crippen LogP contribution in [0.25, 0.3) is 0 Å². The van der Waals surface area contributed by atoms with E-state index in [1.165, 1.54) is 12.2 Å². The molecule has 64 valence electrons. The number of hydrogen-bond acceptors (Lipinski definition) is 1. The fourth-order valence-electron chi connectivity index (χ4n) is 1.60. The standard InChI is InChI=1S/C8H15O2P/c1-2-11(9,10)8-6-4-3-5-7-8/h2,8H,1,3-7H2,(H,9,10). The fourth-order valence-corrected chi connectivity index (χ4v) is 3.00. The molecule has 3 heteroatoms. The van der Waals surface area contributed by atoms with E-state index in [2.05, 4.69) is 6.58 Å². The normalized spacial score (nSPS) is 25.9. The molecular weight excluding hydrogens is 159 g/mol. The number of hydrogen-bond donors (Lipinski definition) is 1. The third-order valence-corrected chi connectivity index (χ3v) is 4.45. The van der Waals surface area contributed by atoms with E-state index in [0.29, 0.717) is 0 Å². The highest BCUT2D eigenvalue weighted by molar-refractivity contribution is 7.61. The Balaban J connectivity index is 2.57. The third kappa shape index (κ3) is 2.18.